The van der Waals surface area contributed by atoms with E-state index in [1.165, 1.54) is 13.2 Å². The summed E-state index contributed by atoms with van der Waals surface area (Å²) in [5.74, 6) is 0.769. The van der Waals surface area contributed by atoms with Crippen molar-refractivity contribution < 1.29 is 23.8 Å². The lowest BCUT2D eigenvalue weighted by Gasteiger charge is -2.13. The van der Waals surface area contributed by atoms with E-state index in [2.05, 4.69) is 6.07 Å². The number of nitrogens with zero attached hydrogens (tertiary/aromatic N) is 1. The molecule has 3 aromatic rings. The normalized spacial score (nSPS) is 14.4. The van der Waals surface area contributed by atoms with Crippen LogP contribution in [0.25, 0.3) is 16.8 Å². The van der Waals surface area contributed by atoms with Gasteiger partial charge in [0.05, 0.1) is 18.7 Å². The van der Waals surface area contributed by atoms with E-state index in [9.17, 15) is 14.9 Å². The van der Waals surface area contributed by atoms with Crippen molar-refractivity contribution in [2.45, 2.75) is 0 Å². The van der Waals surface area contributed by atoms with Gasteiger partial charge in [-0.1, -0.05) is 30.3 Å². The Morgan fingerprint density at radius 2 is 1.76 bits per heavy atom. The fourth-order valence-corrected chi connectivity index (χ4v) is 3.01. The first-order chi connectivity index (χ1) is 14.1. The van der Waals surface area contributed by atoms with Crippen LogP contribution in [-0.2, 0) is 9.53 Å². The predicted octanol–water partition coefficient (Wildman–Crippen LogP) is 4.12. The van der Waals surface area contributed by atoms with Gasteiger partial charge in [0.2, 0.25) is 0 Å². The minimum Gasteiger partial charge on any atom is -0.493 e. The van der Waals surface area contributed by atoms with Gasteiger partial charge >= 0.3 is 6.09 Å². The fraction of sp³-hybridized carbons (Fsp3) is 0.0455. The van der Waals surface area contributed by atoms with Gasteiger partial charge in [0.15, 0.2) is 17.3 Å². The molecule has 1 aliphatic heterocycles. The minimum atomic E-state index is -0.805. The maximum atomic E-state index is 11.6. The van der Waals surface area contributed by atoms with Gasteiger partial charge in [0.1, 0.15) is 5.75 Å². The first-order valence-electron chi connectivity index (χ1n) is 8.61. The van der Waals surface area contributed by atoms with Crippen LogP contribution in [-0.4, -0.2) is 19.1 Å². The van der Waals surface area contributed by atoms with Crippen molar-refractivity contribution in [2.24, 2.45) is 0 Å². The number of fused-ring (bicyclic) bond motifs is 1. The third-order valence-corrected chi connectivity index (χ3v) is 4.35. The highest BCUT2D eigenvalue weighted by Gasteiger charge is 2.26. The van der Waals surface area contributed by atoms with Gasteiger partial charge in [-0.05, 0) is 35.9 Å². The standard InChI is InChI=1S/C22H14N2O5/c1-27-19-10-13(11-20-21(25)24-22(26)29-20)6-8-18(19)28-17-9-7-14(12-23)15-4-2-3-5-16(15)17/h2-11H,1H3,(H,24,25,26). The Kier molecular flexibility index (Phi) is 4.59. The van der Waals surface area contributed by atoms with Gasteiger partial charge in [0, 0.05) is 10.8 Å². The molecule has 1 heterocycles. The number of carbonyl (C=O) groups excluding carboxylic acids is 2. The largest absolute Gasteiger partial charge is 0.493 e. The molecule has 1 fully saturated rings. The van der Waals surface area contributed by atoms with Crippen LogP contribution in [0.2, 0.25) is 0 Å². The number of methoxy groups -OCH3 is 1. The molecule has 3 aromatic carbocycles. The van der Waals surface area contributed by atoms with E-state index in [4.69, 9.17) is 14.2 Å². The van der Waals surface area contributed by atoms with Crippen LogP contribution in [0, 0.1) is 11.3 Å². The van der Waals surface area contributed by atoms with Crippen molar-refractivity contribution in [1.29, 1.82) is 5.26 Å². The molecule has 0 aliphatic carbocycles. The number of ether oxygens (including phenoxy) is 3. The van der Waals surface area contributed by atoms with E-state index < -0.39 is 12.0 Å². The summed E-state index contributed by atoms with van der Waals surface area (Å²) in [6.45, 7) is 0. The number of carbonyl (C=O) groups is 2. The first kappa shape index (κ1) is 18.1. The lowest BCUT2D eigenvalue weighted by Crippen LogP contribution is -2.18. The van der Waals surface area contributed by atoms with Crippen molar-refractivity contribution >= 4 is 28.8 Å². The van der Waals surface area contributed by atoms with Crippen LogP contribution in [0.4, 0.5) is 4.79 Å². The zero-order chi connectivity index (χ0) is 20.4. The van der Waals surface area contributed by atoms with Gasteiger partial charge in [-0.3, -0.25) is 10.1 Å². The van der Waals surface area contributed by atoms with Crippen LogP contribution in [0.1, 0.15) is 11.1 Å². The molecule has 0 radical (unpaired) electrons. The highest BCUT2D eigenvalue weighted by atomic mass is 16.6. The van der Waals surface area contributed by atoms with Crippen molar-refractivity contribution in [3.8, 4) is 23.3 Å². The molecule has 0 bridgehead atoms. The zero-order valence-corrected chi connectivity index (χ0v) is 15.3. The van der Waals surface area contributed by atoms with Crippen LogP contribution >= 0.6 is 0 Å². The smallest absolute Gasteiger partial charge is 0.419 e. The Morgan fingerprint density at radius 1 is 1.00 bits per heavy atom. The Hall–Kier alpha value is -4.31. The third-order valence-electron chi connectivity index (χ3n) is 4.35. The number of benzene rings is 3. The number of imide groups is 1. The van der Waals surface area contributed by atoms with E-state index in [1.807, 2.05) is 29.6 Å². The predicted molar refractivity (Wildman–Crippen MR) is 104 cm³/mol. The highest BCUT2D eigenvalue weighted by molar-refractivity contribution is 6.09. The summed E-state index contributed by atoms with van der Waals surface area (Å²) in [6.07, 6.45) is 0.629. The monoisotopic (exact) mass is 386 g/mol. The molecular weight excluding hydrogens is 372 g/mol. The Balaban J connectivity index is 1.69. The van der Waals surface area contributed by atoms with Gasteiger partial charge in [-0.15, -0.1) is 0 Å². The molecule has 7 heteroatoms. The van der Waals surface area contributed by atoms with Gasteiger partial charge in [-0.2, -0.15) is 5.26 Å². The summed E-state index contributed by atoms with van der Waals surface area (Å²) in [4.78, 5) is 22.8. The Labute approximate surface area is 165 Å². The topological polar surface area (TPSA) is 97.7 Å². The minimum absolute atomic E-state index is 0.0937. The summed E-state index contributed by atoms with van der Waals surface area (Å²) in [7, 11) is 1.50. The molecule has 0 aromatic heterocycles. The molecule has 1 aliphatic rings. The number of nitriles is 1. The number of amides is 2. The van der Waals surface area contributed by atoms with Crippen LogP contribution in [0.3, 0.4) is 0 Å². The summed E-state index contributed by atoms with van der Waals surface area (Å²) >= 11 is 0. The second-order valence-corrected chi connectivity index (χ2v) is 6.13. The van der Waals surface area contributed by atoms with Crippen LogP contribution in [0.5, 0.6) is 17.2 Å². The summed E-state index contributed by atoms with van der Waals surface area (Å²) in [5, 5.41) is 12.9. The van der Waals surface area contributed by atoms with E-state index in [0.717, 1.165) is 10.8 Å². The molecule has 2 amide bonds. The molecule has 4 rings (SSSR count). The molecule has 1 saturated heterocycles. The van der Waals surface area contributed by atoms with Crippen molar-refractivity contribution in [3.63, 3.8) is 0 Å². The SMILES string of the molecule is COc1cc(C=C2OC(=O)NC2=O)ccc1Oc1ccc(C#N)c2ccccc12. The number of hydrogen-bond acceptors (Lipinski definition) is 6. The van der Waals surface area contributed by atoms with E-state index in [-0.39, 0.29) is 5.76 Å². The Morgan fingerprint density at radius 3 is 2.45 bits per heavy atom. The van der Waals surface area contributed by atoms with Crippen LogP contribution in [0.15, 0.2) is 60.4 Å². The van der Waals surface area contributed by atoms with Crippen molar-refractivity contribution in [1.82, 2.24) is 5.32 Å². The zero-order valence-electron chi connectivity index (χ0n) is 15.3. The second-order valence-electron chi connectivity index (χ2n) is 6.13. The molecule has 1 N–H and O–H groups in total. The van der Waals surface area contributed by atoms with Gasteiger partial charge < -0.3 is 14.2 Å². The molecule has 7 nitrogen and oxygen atoms in total. The molecule has 29 heavy (non-hydrogen) atoms. The number of rotatable bonds is 4. The van der Waals surface area contributed by atoms with E-state index in [0.29, 0.717) is 28.4 Å². The molecule has 0 saturated carbocycles. The number of alkyl carbamates (subject to hydrolysis) is 1. The molecule has 0 atom stereocenters. The lowest BCUT2D eigenvalue weighted by molar-refractivity contribution is -0.116. The number of hydrogen-bond donors (Lipinski definition) is 1. The molecular formula is C22H14N2O5. The summed E-state index contributed by atoms with van der Waals surface area (Å²) < 4.78 is 16.3. The molecule has 142 valence electrons. The summed E-state index contributed by atoms with van der Waals surface area (Å²) in [5.41, 5.74) is 1.16. The number of cyclic esters (lactones) is 1. The van der Waals surface area contributed by atoms with Gasteiger partial charge in [-0.25, -0.2) is 4.79 Å². The lowest BCUT2D eigenvalue weighted by atomic mass is 10.0. The first-order valence-corrected chi connectivity index (χ1v) is 8.61. The van der Waals surface area contributed by atoms with E-state index >= 15 is 0 Å². The average molecular weight is 386 g/mol. The second kappa shape index (κ2) is 7.37. The maximum absolute atomic E-state index is 11.6. The molecule has 0 unspecified atom stereocenters. The van der Waals surface area contributed by atoms with E-state index in [1.54, 1.807) is 30.3 Å². The number of nitrogens with one attached hydrogen (secondary N) is 1. The van der Waals surface area contributed by atoms with Crippen molar-refractivity contribution in [2.75, 3.05) is 7.11 Å². The Bertz CT molecular complexity index is 1220. The third kappa shape index (κ3) is 3.47. The average Bonchev–Trinajstić information content (AvgIpc) is 3.05. The quantitative estimate of drug-likeness (QED) is 0.678. The molecule has 0 spiro atoms. The van der Waals surface area contributed by atoms with Gasteiger partial charge in [0.25, 0.3) is 5.91 Å². The summed E-state index contributed by atoms with van der Waals surface area (Å²) in [6, 6.07) is 18.1. The highest BCUT2D eigenvalue weighted by Crippen LogP contribution is 2.37. The maximum Gasteiger partial charge on any atom is 0.419 e. The van der Waals surface area contributed by atoms with Crippen molar-refractivity contribution in [3.05, 3.63) is 71.5 Å². The van der Waals surface area contributed by atoms with Crippen LogP contribution < -0.4 is 14.8 Å². The fourth-order valence-electron chi connectivity index (χ4n) is 3.01.